The Morgan fingerprint density at radius 3 is 2.72 bits per heavy atom. The zero-order chi connectivity index (χ0) is 13.8. The van der Waals surface area contributed by atoms with Gasteiger partial charge >= 0.3 is 0 Å². The molecule has 1 rings (SSSR count). The van der Waals surface area contributed by atoms with Gasteiger partial charge in [-0.2, -0.15) is 4.31 Å². The molecule has 0 fully saturated rings. The van der Waals surface area contributed by atoms with Crippen molar-refractivity contribution in [2.75, 3.05) is 13.1 Å². The van der Waals surface area contributed by atoms with Gasteiger partial charge in [0.2, 0.25) is 10.0 Å². The van der Waals surface area contributed by atoms with E-state index in [4.69, 9.17) is 10.9 Å². The zero-order valence-corrected chi connectivity index (χ0v) is 12.1. The molecule has 0 amide bonds. The molecule has 1 aromatic carbocycles. The van der Waals surface area contributed by atoms with Gasteiger partial charge in [-0.1, -0.05) is 34.1 Å². The van der Waals surface area contributed by atoms with E-state index in [-0.39, 0.29) is 23.8 Å². The molecule has 100 valence electrons. The second-order valence-electron chi connectivity index (χ2n) is 3.48. The highest BCUT2D eigenvalue weighted by Gasteiger charge is 2.24. The fourth-order valence-electron chi connectivity index (χ4n) is 1.36. The second kappa shape index (κ2) is 6.17. The van der Waals surface area contributed by atoms with E-state index in [1.165, 1.54) is 12.1 Å². The summed E-state index contributed by atoms with van der Waals surface area (Å²) in [5, 5.41) is 11.3. The van der Waals surface area contributed by atoms with Crippen LogP contribution in [0.25, 0.3) is 0 Å². The predicted molar refractivity (Wildman–Crippen MR) is 72.0 cm³/mol. The lowest BCUT2D eigenvalue weighted by Gasteiger charge is -2.19. The minimum absolute atomic E-state index is 0.151. The average Bonchev–Trinajstić information content (AvgIpc) is 2.35. The van der Waals surface area contributed by atoms with E-state index >= 15 is 0 Å². The molecule has 0 heterocycles. The Bertz CT molecular complexity index is 545. The Kier molecular flexibility index (Phi) is 5.12. The van der Waals surface area contributed by atoms with Gasteiger partial charge < -0.3 is 10.9 Å². The molecule has 0 unspecified atom stereocenters. The molecule has 0 aromatic heterocycles. The molecule has 8 heteroatoms. The average molecular weight is 336 g/mol. The molecule has 0 radical (unpaired) electrons. The molecule has 18 heavy (non-hydrogen) atoms. The molecular formula is C10H14BrN3O3S. The number of oxime groups is 1. The van der Waals surface area contributed by atoms with E-state index in [0.29, 0.717) is 4.47 Å². The first-order chi connectivity index (χ1) is 8.41. The molecule has 0 atom stereocenters. The van der Waals surface area contributed by atoms with Crippen molar-refractivity contribution in [2.45, 2.75) is 11.8 Å². The second-order valence-corrected chi connectivity index (χ2v) is 6.33. The third-order valence-electron chi connectivity index (χ3n) is 2.25. The summed E-state index contributed by atoms with van der Waals surface area (Å²) >= 11 is 3.22. The predicted octanol–water partition coefficient (Wildman–Crippen LogP) is 1.21. The van der Waals surface area contributed by atoms with Gasteiger partial charge in [-0.05, 0) is 18.2 Å². The maximum atomic E-state index is 12.3. The SMILES string of the molecule is CCN(CC(N)=NO)S(=O)(=O)c1cccc(Br)c1. The number of nitrogens with zero attached hydrogens (tertiary/aromatic N) is 2. The van der Waals surface area contributed by atoms with Crippen LogP contribution in [0, 0.1) is 0 Å². The molecule has 6 nitrogen and oxygen atoms in total. The standard InChI is InChI=1S/C10H14BrN3O3S/c1-2-14(7-10(12)13-15)18(16,17)9-5-3-4-8(11)6-9/h3-6,15H,2,7H2,1H3,(H2,12,13). The summed E-state index contributed by atoms with van der Waals surface area (Å²) in [6.45, 7) is 1.76. The Morgan fingerprint density at radius 1 is 1.56 bits per heavy atom. The fourth-order valence-corrected chi connectivity index (χ4v) is 3.37. The van der Waals surface area contributed by atoms with E-state index in [1.807, 2.05) is 0 Å². The van der Waals surface area contributed by atoms with Crippen LogP contribution in [0.1, 0.15) is 6.92 Å². The summed E-state index contributed by atoms with van der Waals surface area (Å²) in [5.41, 5.74) is 5.34. The summed E-state index contributed by atoms with van der Waals surface area (Å²) in [5.74, 6) is -0.157. The van der Waals surface area contributed by atoms with Crippen LogP contribution in [0.5, 0.6) is 0 Å². The highest BCUT2D eigenvalue weighted by atomic mass is 79.9. The summed E-state index contributed by atoms with van der Waals surface area (Å²) in [6.07, 6.45) is 0. The van der Waals surface area contributed by atoms with Crippen molar-refractivity contribution in [1.29, 1.82) is 0 Å². The molecule has 0 aliphatic heterocycles. The van der Waals surface area contributed by atoms with Gasteiger partial charge in [0, 0.05) is 11.0 Å². The first-order valence-corrected chi connectivity index (χ1v) is 7.37. The molecule has 0 spiro atoms. The molecule has 3 N–H and O–H groups in total. The Balaban J connectivity index is 3.11. The number of nitrogens with two attached hydrogens (primary N) is 1. The van der Waals surface area contributed by atoms with Gasteiger partial charge in [-0.15, -0.1) is 0 Å². The summed E-state index contributed by atoms with van der Waals surface area (Å²) in [7, 11) is -3.65. The van der Waals surface area contributed by atoms with Crippen molar-refractivity contribution >= 4 is 31.8 Å². The largest absolute Gasteiger partial charge is 0.409 e. The maximum Gasteiger partial charge on any atom is 0.243 e. The van der Waals surface area contributed by atoms with Crippen molar-refractivity contribution in [1.82, 2.24) is 4.31 Å². The van der Waals surface area contributed by atoms with Crippen molar-refractivity contribution in [3.8, 4) is 0 Å². The Morgan fingerprint density at radius 2 is 2.22 bits per heavy atom. The lowest BCUT2D eigenvalue weighted by atomic mass is 10.4. The van der Waals surface area contributed by atoms with E-state index in [0.717, 1.165) is 4.31 Å². The monoisotopic (exact) mass is 335 g/mol. The van der Waals surface area contributed by atoms with E-state index < -0.39 is 10.0 Å². The number of rotatable bonds is 5. The van der Waals surface area contributed by atoms with Crippen LogP contribution in [-0.4, -0.2) is 36.9 Å². The molecule has 0 aliphatic carbocycles. The fraction of sp³-hybridized carbons (Fsp3) is 0.300. The number of sulfonamides is 1. The molecule has 1 aromatic rings. The van der Waals surface area contributed by atoms with Gasteiger partial charge in [-0.3, -0.25) is 0 Å². The van der Waals surface area contributed by atoms with Crippen LogP contribution >= 0.6 is 15.9 Å². The number of halogens is 1. The Hall–Kier alpha value is -1.12. The number of hydrogen-bond donors (Lipinski definition) is 2. The van der Waals surface area contributed by atoms with E-state index in [9.17, 15) is 8.42 Å². The van der Waals surface area contributed by atoms with Gasteiger partial charge in [0.1, 0.15) is 0 Å². The van der Waals surface area contributed by atoms with Gasteiger partial charge in [-0.25, -0.2) is 8.42 Å². The third-order valence-corrected chi connectivity index (χ3v) is 4.66. The van der Waals surface area contributed by atoms with Crippen LogP contribution in [0.3, 0.4) is 0 Å². The lowest BCUT2D eigenvalue weighted by molar-refractivity contribution is 0.315. The number of benzene rings is 1. The van der Waals surface area contributed by atoms with Crippen LogP contribution in [0.15, 0.2) is 38.8 Å². The minimum atomic E-state index is -3.65. The van der Waals surface area contributed by atoms with Gasteiger partial charge in [0.25, 0.3) is 0 Å². The van der Waals surface area contributed by atoms with Gasteiger partial charge in [0.05, 0.1) is 11.4 Å². The van der Waals surface area contributed by atoms with E-state index in [1.54, 1.807) is 19.1 Å². The molecule has 0 saturated heterocycles. The zero-order valence-electron chi connectivity index (χ0n) is 9.75. The number of amidine groups is 1. The number of hydrogen-bond acceptors (Lipinski definition) is 4. The van der Waals surface area contributed by atoms with E-state index in [2.05, 4.69) is 21.1 Å². The van der Waals surface area contributed by atoms with Crippen LogP contribution in [0.2, 0.25) is 0 Å². The summed E-state index contributed by atoms with van der Waals surface area (Å²) < 4.78 is 26.4. The molecule has 0 bridgehead atoms. The topological polar surface area (TPSA) is 96.0 Å². The first kappa shape index (κ1) is 14.9. The third kappa shape index (κ3) is 3.44. The summed E-state index contributed by atoms with van der Waals surface area (Å²) in [4.78, 5) is 0.157. The quantitative estimate of drug-likeness (QED) is 0.366. The minimum Gasteiger partial charge on any atom is -0.409 e. The first-order valence-electron chi connectivity index (χ1n) is 5.14. The van der Waals surface area contributed by atoms with Crippen molar-refractivity contribution in [3.63, 3.8) is 0 Å². The van der Waals surface area contributed by atoms with Crippen molar-refractivity contribution in [2.24, 2.45) is 10.9 Å². The van der Waals surface area contributed by atoms with Crippen molar-refractivity contribution < 1.29 is 13.6 Å². The maximum absolute atomic E-state index is 12.3. The Labute approximate surface area is 114 Å². The lowest BCUT2D eigenvalue weighted by Crippen LogP contribution is -2.38. The number of likely N-dealkylation sites (N-methyl/N-ethyl adjacent to an activating group) is 1. The summed E-state index contributed by atoms with van der Waals surface area (Å²) in [6, 6.07) is 6.37. The molecule has 0 saturated carbocycles. The van der Waals surface area contributed by atoms with Crippen LogP contribution < -0.4 is 5.73 Å². The molecular weight excluding hydrogens is 322 g/mol. The highest BCUT2D eigenvalue weighted by Crippen LogP contribution is 2.19. The highest BCUT2D eigenvalue weighted by molar-refractivity contribution is 9.10. The normalized spacial score (nSPS) is 12.9. The van der Waals surface area contributed by atoms with Crippen LogP contribution in [-0.2, 0) is 10.0 Å². The molecule has 0 aliphatic rings. The van der Waals surface area contributed by atoms with Crippen molar-refractivity contribution in [3.05, 3.63) is 28.7 Å². The van der Waals surface area contributed by atoms with Crippen LogP contribution in [0.4, 0.5) is 0 Å². The van der Waals surface area contributed by atoms with Gasteiger partial charge in [0.15, 0.2) is 5.84 Å². The smallest absolute Gasteiger partial charge is 0.243 e.